The topological polar surface area (TPSA) is 178 Å². The molecule has 0 saturated heterocycles. The molecule has 3 atom stereocenters. The predicted molar refractivity (Wildman–Crippen MR) is 179 cm³/mol. The van der Waals surface area contributed by atoms with Crippen molar-refractivity contribution in [3.05, 3.63) is 72.3 Å². The SMILES string of the molecule is CCCCCCCCCC(=O)CCCC/C=C/C(C(=O)NC(Cc1ccc(-c2ccccc2)cc1)C(=O)O)C(O)(CC(=O)O)C(=O)O. The van der Waals surface area contributed by atoms with Gasteiger partial charge in [0.05, 0.1) is 12.3 Å². The van der Waals surface area contributed by atoms with Gasteiger partial charge in [0.2, 0.25) is 5.91 Å². The van der Waals surface area contributed by atoms with Gasteiger partial charge in [-0.05, 0) is 42.4 Å². The van der Waals surface area contributed by atoms with Crippen molar-refractivity contribution in [3.8, 4) is 11.1 Å². The van der Waals surface area contributed by atoms with E-state index in [9.17, 15) is 44.4 Å². The van der Waals surface area contributed by atoms with Crippen LogP contribution < -0.4 is 5.32 Å². The van der Waals surface area contributed by atoms with Crippen LogP contribution in [-0.2, 0) is 30.4 Å². The summed E-state index contributed by atoms with van der Waals surface area (Å²) in [5.41, 5.74) is -0.560. The number of carbonyl (C=O) groups is 5. The summed E-state index contributed by atoms with van der Waals surface area (Å²) in [4.78, 5) is 61.2. The van der Waals surface area contributed by atoms with Crippen molar-refractivity contribution >= 4 is 29.6 Å². The third-order valence-corrected chi connectivity index (χ3v) is 8.17. The van der Waals surface area contributed by atoms with Crippen molar-refractivity contribution in [3.63, 3.8) is 0 Å². The van der Waals surface area contributed by atoms with Gasteiger partial charge in [0.25, 0.3) is 0 Å². The number of unbranched alkanes of at least 4 members (excludes halogenated alkanes) is 8. The molecule has 0 aromatic heterocycles. The number of Topliss-reactive ketones (excluding diaryl/α,β-unsaturated/α-hetero) is 1. The van der Waals surface area contributed by atoms with Gasteiger partial charge in [-0.2, -0.15) is 0 Å². The van der Waals surface area contributed by atoms with Crippen LogP contribution in [-0.4, -0.2) is 61.7 Å². The predicted octanol–water partition coefficient (Wildman–Crippen LogP) is 6.20. The zero-order valence-corrected chi connectivity index (χ0v) is 27.2. The highest BCUT2D eigenvalue weighted by Crippen LogP contribution is 2.26. The number of amides is 1. The number of carbonyl (C=O) groups excluding carboxylic acids is 2. The summed E-state index contributed by atoms with van der Waals surface area (Å²) in [6.45, 7) is 2.17. The molecule has 47 heavy (non-hydrogen) atoms. The summed E-state index contributed by atoms with van der Waals surface area (Å²) in [6, 6.07) is 15.1. The smallest absolute Gasteiger partial charge is 0.337 e. The normalized spacial score (nSPS) is 13.8. The highest BCUT2D eigenvalue weighted by Gasteiger charge is 2.49. The van der Waals surface area contributed by atoms with Gasteiger partial charge in [-0.25, -0.2) is 9.59 Å². The minimum atomic E-state index is -3.03. The van der Waals surface area contributed by atoms with E-state index in [-0.39, 0.29) is 12.2 Å². The lowest BCUT2D eigenvalue weighted by Crippen LogP contribution is -2.55. The Kier molecular flexibility index (Phi) is 17.2. The molecule has 0 aliphatic carbocycles. The molecule has 3 unspecified atom stereocenters. The number of carboxylic acid groups (broad SMARTS) is 3. The molecule has 10 heteroatoms. The second-order valence-electron chi connectivity index (χ2n) is 12.0. The standard InChI is InChI=1S/C37H49NO9/c1-2-3-4-5-6-7-13-18-30(39)19-14-8-9-15-20-31(37(47,36(45)46)26-33(40)41)34(42)38-32(35(43)44)25-27-21-23-29(24-22-27)28-16-11-10-12-17-28/h10-12,15-17,20-24,31-32,47H,2-9,13-14,18-19,25-26H2,1H3,(H,38,42)(H,40,41)(H,43,44)(H,45,46)/b20-15+. The number of hydrogen-bond donors (Lipinski definition) is 5. The first kappa shape index (κ1) is 38.9. The van der Waals surface area contributed by atoms with Crippen LogP contribution in [0.5, 0.6) is 0 Å². The summed E-state index contributed by atoms with van der Waals surface area (Å²) >= 11 is 0. The van der Waals surface area contributed by atoms with E-state index in [1.165, 1.54) is 31.8 Å². The highest BCUT2D eigenvalue weighted by molar-refractivity contribution is 5.94. The molecule has 0 bridgehead atoms. The summed E-state index contributed by atoms with van der Waals surface area (Å²) in [6.07, 6.45) is 11.5. The van der Waals surface area contributed by atoms with E-state index in [0.29, 0.717) is 37.7 Å². The monoisotopic (exact) mass is 651 g/mol. The lowest BCUT2D eigenvalue weighted by Gasteiger charge is -2.29. The van der Waals surface area contributed by atoms with Crippen molar-refractivity contribution < 1.29 is 44.4 Å². The van der Waals surface area contributed by atoms with Gasteiger partial charge in [-0.1, -0.05) is 112 Å². The van der Waals surface area contributed by atoms with Gasteiger partial charge in [0.1, 0.15) is 11.8 Å². The number of carboxylic acids is 3. The lowest BCUT2D eigenvalue weighted by molar-refractivity contribution is -0.172. The van der Waals surface area contributed by atoms with Gasteiger partial charge >= 0.3 is 17.9 Å². The van der Waals surface area contributed by atoms with Crippen LogP contribution in [0.4, 0.5) is 0 Å². The molecule has 5 N–H and O–H groups in total. The van der Waals surface area contributed by atoms with Gasteiger partial charge in [-0.3, -0.25) is 14.4 Å². The van der Waals surface area contributed by atoms with Crippen LogP contribution >= 0.6 is 0 Å². The fraction of sp³-hybridized carbons (Fsp3) is 0.486. The van der Waals surface area contributed by atoms with E-state index >= 15 is 0 Å². The Morgan fingerprint density at radius 2 is 1.34 bits per heavy atom. The Morgan fingerprint density at radius 1 is 0.766 bits per heavy atom. The quantitative estimate of drug-likeness (QED) is 0.0653. The first-order valence-corrected chi connectivity index (χ1v) is 16.5. The van der Waals surface area contributed by atoms with Crippen molar-refractivity contribution in [2.75, 3.05) is 0 Å². The third kappa shape index (κ3) is 13.9. The number of hydrogen-bond acceptors (Lipinski definition) is 6. The van der Waals surface area contributed by atoms with Gasteiger partial charge in [0, 0.05) is 19.3 Å². The van der Waals surface area contributed by atoms with E-state index in [0.717, 1.165) is 36.5 Å². The molecular weight excluding hydrogens is 602 g/mol. The lowest BCUT2D eigenvalue weighted by atomic mass is 9.82. The minimum Gasteiger partial charge on any atom is -0.481 e. The molecule has 0 heterocycles. The maximum Gasteiger partial charge on any atom is 0.337 e. The van der Waals surface area contributed by atoms with E-state index in [1.54, 1.807) is 12.1 Å². The number of aliphatic carboxylic acids is 3. The van der Waals surface area contributed by atoms with E-state index in [2.05, 4.69) is 12.2 Å². The Labute approximate surface area is 276 Å². The van der Waals surface area contributed by atoms with Crippen LogP contribution in [0.2, 0.25) is 0 Å². The molecule has 256 valence electrons. The number of aliphatic hydroxyl groups is 1. The Hall–Kier alpha value is -4.31. The van der Waals surface area contributed by atoms with Crippen LogP contribution in [0.3, 0.4) is 0 Å². The molecule has 2 rings (SSSR count). The summed E-state index contributed by atoms with van der Waals surface area (Å²) < 4.78 is 0. The molecule has 0 aliphatic rings. The van der Waals surface area contributed by atoms with E-state index in [1.807, 2.05) is 42.5 Å². The molecule has 0 fully saturated rings. The second-order valence-corrected chi connectivity index (χ2v) is 12.0. The molecular formula is C37H49NO9. The summed E-state index contributed by atoms with van der Waals surface area (Å²) in [5, 5.41) is 42.1. The van der Waals surface area contributed by atoms with Gasteiger partial charge in [0.15, 0.2) is 5.60 Å². The molecule has 0 radical (unpaired) electrons. The molecule has 10 nitrogen and oxygen atoms in total. The van der Waals surface area contributed by atoms with Crippen LogP contribution in [0.25, 0.3) is 11.1 Å². The molecule has 0 saturated carbocycles. The number of nitrogens with one attached hydrogen (secondary N) is 1. The molecule has 2 aromatic rings. The zero-order valence-electron chi connectivity index (χ0n) is 27.2. The van der Waals surface area contributed by atoms with E-state index in [4.69, 9.17) is 0 Å². The van der Waals surface area contributed by atoms with Crippen LogP contribution in [0.15, 0.2) is 66.7 Å². The Bertz CT molecular complexity index is 1320. The fourth-order valence-electron chi connectivity index (χ4n) is 5.39. The molecule has 1 amide bonds. The van der Waals surface area contributed by atoms with Crippen molar-refractivity contribution in [2.45, 2.75) is 108 Å². The third-order valence-electron chi connectivity index (χ3n) is 8.17. The number of allylic oxidation sites excluding steroid dienone is 1. The Morgan fingerprint density at radius 3 is 1.91 bits per heavy atom. The van der Waals surface area contributed by atoms with Crippen molar-refractivity contribution in [2.24, 2.45) is 5.92 Å². The maximum absolute atomic E-state index is 13.3. The van der Waals surface area contributed by atoms with Gasteiger partial charge in [-0.15, -0.1) is 0 Å². The van der Waals surface area contributed by atoms with Crippen molar-refractivity contribution in [1.29, 1.82) is 0 Å². The van der Waals surface area contributed by atoms with Crippen LogP contribution in [0, 0.1) is 5.92 Å². The van der Waals surface area contributed by atoms with E-state index < -0.39 is 47.8 Å². The highest BCUT2D eigenvalue weighted by atomic mass is 16.4. The summed E-state index contributed by atoms with van der Waals surface area (Å²) in [5.74, 6) is -7.80. The first-order valence-electron chi connectivity index (χ1n) is 16.5. The molecule has 0 aliphatic heterocycles. The Balaban J connectivity index is 2.02. The molecule has 0 spiro atoms. The maximum atomic E-state index is 13.3. The molecule has 2 aromatic carbocycles. The second kappa shape index (κ2) is 20.7. The zero-order chi connectivity index (χ0) is 34.7. The minimum absolute atomic E-state index is 0.135. The first-order chi connectivity index (χ1) is 22.5. The fourth-order valence-corrected chi connectivity index (χ4v) is 5.39. The number of ketones is 1. The average Bonchev–Trinajstić information content (AvgIpc) is 3.03. The van der Waals surface area contributed by atoms with Gasteiger partial charge < -0.3 is 25.7 Å². The average molecular weight is 652 g/mol. The number of benzene rings is 2. The summed E-state index contributed by atoms with van der Waals surface area (Å²) in [7, 11) is 0. The largest absolute Gasteiger partial charge is 0.481 e. The van der Waals surface area contributed by atoms with Crippen molar-refractivity contribution in [1.82, 2.24) is 5.32 Å². The number of rotatable bonds is 24. The van der Waals surface area contributed by atoms with Crippen LogP contribution in [0.1, 0.15) is 96.0 Å².